The van der Waals surface area contributed by atoms with Crippen LogP contribution in [0, 0.1) is 6.92 Å². The molecule has 1 atom stereocenters. The smallest absolute Gasteiger partial charge is 0.141 e. The van der Waals surface area contributed by atoms with E-state index in [1.54, 1.807) is 17.7 Å². The van der Waals surface area contributed by atoms with Gasteiger partial charge < -0.3 is 10.0 Å². The molecule has 118 valence electrons. The van der Waals surface area contributed by atoms with E-state index >= 15 is 0 Å². The minimum absolute atomic E-state index is 0.268. The highest BCUT2D eigenvalue weighted by molar-refractivity contribution is 7.17. The second kappa shape index (κ2) is 5.91. The van der Waals surface area contributed by atoms with Gasteiger partial charge in [-0.25, -0.2) is 9.97 Å². The Kier molecular flexibility index (Phi) is 3.75. The fraction of sp³-hybridized carbons (Fsp3) is 0.333. The van der Waals surface area contributed by atoms with Crippen molar-refractivity contribution >= 4 is 27.4 Å². The van der Waals surface area contributed by atoms with E-state index in [-0.39, 0.29) is 6.10 Å². The van der Waals surface area contributed by atoms with Crippen LogP contribution in [0.25, 0.3) is 21.3 Å². The average Bonchev–Trinajstić information content (AvgIpc) is 3.00. The Morgan fingerprint density at radius 2 is 2.04 bits per heavy atom. The Bertz CT molecular complexity index is 828. The number of benzene rings is 1. The average molecular weight is 325 g/mol. The zero-order valence-electron chi connectivity index (χ0n) is 13.1. The van der Waals surface area contributed by atoms with Gasteiger partial charge in [0.25, 0.3) is 0 Å². The Morgan fingerprint density at radius 3 is 2.83 bits per heavy atom. The molecule has 0 radical (unpaired) electrons. The lowest BCUT2D eigenvalue weighted by Gasteiger charge is -2.31. The van der Waals surface area contributed by atoms with Gasteiger partial charge in [-0.3, -0.25) is 0 Å². The molecular weight excluding hydrogens is 306 g/mol. The molecule has 2 aromatic heterocycles. The van der Waals surface area contributed by atoms with E-state index in [4.69, 9.17) is 0 Å². The number of rotatable bonds is 2. The monoisotopic (exact) mass is 325 g/mol. The van der Waals surface area contributed by atoms with Crippen LogP contribution in [-0.2, 0) is 0 Å². The van der Waals surface area contributed by atoms with Crippen LogP contribution in [0.3, 0.4) is 0 Å². The van der Waals surface area contributed by atoms with Gasteiger partial charge in [0.15, 0.2) is 0 Å². The van der Waals surface area contributed by atoms with Crippen LogP contribution in [0.2, 0.25) is 0 Å². The van der Waals surface area contributed by atoms with Crippen molar-refractivity contribution in [3.63, 3.8) is 0 Å². The van der Waals surface area contributed by atoms with Crippen molar-refractivity contribution in [1.82, 2.24) is 9.97 Å². The molecule has 0 spiro atoms. The fourth-order valence-electron chi connectivity index (χ4n) is 3.19. The number of anilines is 1. The van der Waals surface area contributed by atoms with Crippen molar-refractivity contribution in [2.24, 2.45) is 0 Å². The Hall–Kier alpha value is -1.98. The zero-order chi connectivity index (χ0) is 15.8. The van der Waals surface area contributed by atoms with Gasteiger partial charge in [0, 0.05) is 24.0 Å². The first-order valence-corrected chi connectivity index (χ1v) is 8.82. The quantitative estimate of drug-likeness (QED) is 0.782. The van der Waals surface area contributed by atoms with Gasteiger partial charge in [-0.1, -0.05) is 29.8 Å². The molecule has 4 nitrogen and oxygen atoms in total. The van der Waals surface area contributed by atoms with Gasteiger partial charge in [0.05, 0.1) is 11.5 Å². The number of aryl methyl sites for hydroxylation is 1. The summed E-state index contributed by atoms with van der Waals surface area (Å²) in [7, 11) is 0. The van der Waals surface area contributed by atoms with Crippen LogP contribution in [-0.4, -0.2) is 34.3 Å². The van der Waals surface area contributed by atoms with Gasteiger partial charge in [-0.05, 0) is 25.3 Å². The number of piperidine rings is 1. The van der Waals surface area contributed by atoms with Gasteiger partial charge in [0.1, 0.15) is 17.0 Å². The molecule has 1 aliphatic rings. The van der Waals surface area contributed by atoms with E-state index in [9.17, 15) is 5.11 Å². The molecule has 0 bridgehead atoms. The molecule has 1 aromatic carbocycles. The summed E-state index contributed by atoms with van der Waals surface area (Å²) < 4.78 is 0. The molecule has 1 aliphatic heterocycles. The van der Waals surface area contributed by atoms with Gasteiger partial charge in [-0.2, -0.15) is 0 Å². The number of hydrogen-bond acceptors (Lipinski definition) is 5. The summed E-state index contributed by atoms with van der Waals surface area (Å²) in [6.45, 7) is 3.68. The van der Waals surface area contributed by atoms with Crippen LogP contribution < -0.4 is 4.90 Å². The summed E-state index contributed by atoms with van der Waals surface area (Å²) >= 11 is 1.65. The molecule has 3 heterocycles. The minimum atomic E-state index is -0.268. The fourth-order valence-corrected chi connectivity index (χ4v) is 4.10. The van der Waals surface area contributed by atoms with Gasteiger partial charge >= 0.3 is 0 Å². The first-order chi connectivity index (χ1) is 11.2. The molecule has 0 amide bonds. The summed E-state index contributed by atoms with van der Waals surface area (Å²) in [4.78, 5) is 12.2. The Labute approximate surface area is 139 Å². The standard InChI is InChI=1S/C18H19N3OS/c1-12-4-6-13(7-5-12)15-10-23-18-16(15)17(19-11-20-18)21-8-2-3-14(22)9-21/h4-7,10-11,14,22H,2-3,8-9H2,1H3. The topological polar surface area (TPSA) is 49.2 Å². The summed E-state index contributed by atoms with van der Waals surface area (Å²) in [6.07, 6.45) is 3.24. The molecule has 0 saturated carbocycles. The van der Waals surface area contributed by atoms with E-state index in [2.05, 4.69) is 51.4 Å². The highest BCUT2D eigenvalue weighted by Crippen LogP contribution is 2.38. The third-order valence-electron chi connectivity index (χ3n) is 4.41. The second-order valence-corrected chi connectivity index (χ2v) is 6.99. The van der Waals surface area contributed by atoms with Crippen LogP contribution in [0.1, 0.15) is 18.4 Å². The summed E-state index contributed by atoms with van der Waals surface area (Å²) in [5, 5.41) is 13.3. The molecule has 3 aromatic rings. The van der Waals surface area contributed by atoms with Crippen LogP contribution in [0.4, 0.5) is 5.82 Å². The number of aliphatic hydroxyl groups is 1. The molecule has 5 heteroatoms. The molecule has 1 fully saturated rings. The third kappa shape index (κ3) is 2.71. The zero-order valence-corrected chi connectivity index (χ0v) is 13.9. The van der Waals surface area contributed by atoms with E-state index < -0.39 is 0 Å². The van der Waals surface area contributed by atoms with Crippen molar-refractivity contribution in [2.75, 3.05) is 18.0 Å². The first-order valence-electron chi connectivity index (χ1n) is 7.94. The van der Waals surface area contributed by atoms with E-state index in [0.717, 1.165) is 35.4 Å². The molecule has 4 rings (SSSR count). The number of aromatic nitrogens is 2. The number of nitrogens with zero attached hydrogens (tertiary/aromatic N) is 3. The minimum Gasteiger partial charge on any atom is -0.391 e. The number of thiophene rings is 1. The van der Waals surface area contributed by atoms with Crippen molar-refractivity contribution < 1.29 is 5.11 Å². The summed E-state index contributed by atoms with van der Waals surface area (Å²) in [6, 6.07) is 8.57. The molecule has 0 aliphatic carbocycles. The predicted molar refractivity (Wildman–Crippen MR) is 95.0 cm³/mol. The van der Waals surface area contributed by atoms with Crippen LogP contribution >= 0.6 is 11.3 Å². The van der Waals surface area contributed by atoms with Gasteiger partial charge in [-0.15, -0.1) is 11.3 Å². The first kappa shape index (κ1) is 14.6. The van der Waals surface area contributed by atoms with Crippen molar-refractivity contribution in [3.8, 4) is 11.1 Å². The lowest BCUT2D eigenvalue weighted by atomic mass is 10.0. The van der Waals surface area contributed by atoms with Gasteiger partial charge in [0.2, 0.25) is 0 Å². The maximum atomic E-state index is 10.00. The lowest BCUT2D eigenvalue weighted by Crippen LogP contribution is -2.38. The van der Waals surface area contributed by atoms with E-state index in [1.807, 2.05) is 0 Å². The Morgan fingerprint density at radius 1 is 1.22 bits per heavy atom. The highest BCUT2D eigenvalue weighted by atomic mass is 32.1. The maximum absolute atomic E-state index is 10.00. The summed E-state index contributed by atoms with van der Waals surface area (Å²) in [5.41, 5.74) is 3.63. The predicted octanol–water partition coefficient (Wildman–Crippen LogP) is 3.63. The summed E-state index contributed by atoms with van der Waals surface area (Å²) in [5.74, 6) is 0.950. The third-order valence-corrected chi connectivity index (χ3v) is 5.30. The SMILES string of the molecule is Cc1ccc(-c2csc3ncnc(N4CCCC(O)C4)c23)cc1. The largest absolute Gasteiger partial charge is 0.391 e. The number of aliphatic hydroxyl groups excluding tert-OH is 1. The lowest BCUT2D eigenvalue weighted by molar-refractivity contribution is 0.154. The van der Waals surface area contributed by atoms with Crippen molar-refractivity contribution in [3.05, 3.63) is 41.5 Å². The molecule has 1 unspecified atom stereocenters. The molecular formula is C18H19N3OS. The number of β-amino-alcohol motifs (C(OH)–C–C–N with tert-alkyl or cyclic N) is 1. The highest BCUT2D eigenvalue weighted by Gasteiger charge is 2.23. The number of hydrogen-bond donors (Lipinski definition) is 1. The van der Waals surface area contributed by atoms with E-state index in [0.29, 0.717) is 6.54 Å². The van der Waals surface area contributed by atoms with Crippen LogP contribution in [0.15, 0.2) is 36.0 Å². The molecule has 1 saturated heterocycles. The van der Waals surface area contributed by atoms with Crippen molar-refractivity contribution in [2.45, 2.75) is 25.9 Å². The maximum Gasteiger partial charge on any atom is 0.141 e. The van der Waals surface area contributed by atoms with E-state index in [1.165, 1.54) is 16.7 Å². The molecule has 1 N–H and O–H groups in total. The number of fused-ring (bicyclic) bond motifs is 1. The van der Waals surface area contributed by atoms with Crippen molar-refractivity contribution in [1.29, 1.82) is 0 Å². The Balaban J connectivity index is 1.85. The van der Waals surface area contributed by atoms with Crippen LogP contribution in [0.5, 0.6) is 0 Å². The normalized spacial score (nSPS) is 18.5. The second-order valence-electron chi connectivity index (χ2n) is 6.13. The molecule has 23 heavy (non-hydrogen) atoms.